The summed E-state index contributed by atoms with van der Waals surface area (Å²) in [6, 6.07) is 0. The van der Waals surface area contributed by atoms with Crippen molar-refractivity contribution < 1.29 is 9.53 Å². The highest BCUT2D eigenvalue weighted by molar-refractivity contribution is 5.98. The Morgan fingerprint density at radius 1 is 1.00 bits per heavy atom. The number of hydrogen-bond donors (Lipinski definition) is 1. The van der Waals surface area contributed by atoms with Gasteiger partial charge in [-0.15, -0.1) is 0 Å². The zero-order chi connectivity index (χ0) is 11.7. The molecule has 0 aliphatic carbocycles. The number of hydrogen-bond acceptors (Lipinski definition) is 3. The third kappa shape index (κ3) is 1.69. The molecule has 0 aromatic heterocycles. The summed E-state index contributed by atoms with van der Waals surface area (Å²) in [6.45, 7) is 7.81. The lowest BCUT2D eigenvalue weighted by Gasteiger charge is -2.16. The number of methoxy groups -OCH3 is 1. The second-order valence-electron chi connectivity index (χ2n) is 3.78. The third-order valence-electron chi connectivity index (χ3n) is 3.13. The second-order valence-corrected chi connectivity index (χ2v) is 3.78. The molecule has 0 radical (unpaired) electrons. The number of ether oxygens (including phenoxy) is 1. The van der Waals surface area contributed by atoms with Gasteiger partial charge in [0.05, 0.1) is 12.7 Å². The van der Waals surface area contributed by atoms with Crippen LogP contribution >= 0.6 is 0 Å². The van der Waals surface area contributed by atoms with Crippen LogP contribution in [0.2, 0.25) is 0 Å². The van der Waals surface area contributed by atoms with Crippen molar-refractivity contribution in [3.63, 3.8) is 0 Å². The molecule has 0 saturated heterocycles. The monoisotopic (exact) mass is 207 g/mol. The Bertz CT molecular complexity index is 393. The summed E-state index contributed by atoms with van der Waals surface area (Å²) in [7, 11) is 1.37. The summed E-state index contributed by atoms with van der Waals surface area (Å²) in [4.78, 5) is 11.6. The lowest BCUT2D eigenvalue weighted by atomic mass is 9.92. The van der Waals surface area contributed by atoms with Crippen molar-refractivity contribution in [2.45, 2.75) is 27.7 Å². The van der Waals surface area contributed by atoms with Crippen LogP contribution < -0.4 is 5.73 Å². The Labute approximate surface area is 90.2 Å². The predicted molar refractivity (Wildman–Crippen MR) is 61.1 cm³/mol. The van der Waals surface area contributed by atoms with Crippen LogP contribution in [0.3, 0.4) is 0 Å². The number of nitrogen functional groups attached to an aromatic ring is 1. The van der Waals surface area contributed by atoms with Crippen molar-refractivity contribution in [1.82, 2.24) is 0 Å². The van der Waals surface area contributed by atoms with Crippen LogP contribution in [0.25, 0.3) is 0 Å². The number of anilines is 1. The maximum atomic E-state index is 11.6. The molecule has 0 unspecified atom stereocenters. The number of nitrogens with two attached hydrogens (primary N) is 1. The van der Waals surface area contributed by atoms with Gasteiger partial charge in [0.15, 0.2) is 0 Å². The van der Waals surface area contributed by atoms with Crippen LogP contribution in [-0.4, -0.2) is 13.1 Å². The van der Waals surface area contributed by atoms with Gasteiger partial charge < -0.3 is 10.5 Å². The van der Waals surface area contributed by atoms with Crippen LogP contribution in [0.5, 0.6) is 0 Å². The fourth-order valence-corrected chi connectivity index (χ4v) is 1.71. The normalized spacial score (nSPS) is 10.2. The first kappa shape index (κ1) is 11.6. The van der Waals surface area contributed by atoms with Crippen LogP contribution in [0, 0.1) is 27.7 Å². The van der Waals surface area contributed by atoms with Gasteiger partial charge in [-0.3, -0.25) is 0 Å². The highest BCUT2D eigenvalue weighted by Crippen LogP contribution is 2.28. The summed E-state index contributed by atoms with van der Waals surface area (Å²) in [5.74, 6) is -0.365. The third-order valence-corrected chi connectivity index (χ3v) is 3.13. The first-order valence-corrected chi connectivity index (χ1v) is 4.86. The van der Waals surface area contributed by atoms with Gasteiger partial charge >= 0.3 is 5.97 Å². The smallest absolute Gasteiger partial charge is 0.340 e. The molecule has 0 aliphatic heterocycles. The molecule has 0 aliphatic rings. The SMILES string of the molecule is COC(=O)c1c(C)c(C)c(C)c(C)c1N. The van der Waals surface area contributed by atoms with Crippen molar-refractivity contribution in [2.75, 3.05) is 12.8 Å². The van der Waals surface area contributed by atoms with E-state index in [0.717, 1.165) is 22.3 Å². The largest absolute Gasteiger partial charge is 0.465 e. The van der Waals surface area contributed by atoms with E-state index in [1.54, 1.807) is 0 Å². The Morgan fingerprint density at radius 2 is 1.47 bits per heavy atom. The molecular weight excluding hydrogens is 190 g/mol. The van der Waals surface area contributed by atoms with Gasteiger partial charge in [-0.05, 0) is 49.9 Å². The fraction of sp³-hybridized carbons (Fsp3) is 0.417. The van der Waals surface area contributed by atoms with Crippen molar-refractivity contribution in [2.24, 2.45) is 0 Å². The molecule has 3 heteroatoms. The summed E-state index contributed by atoms with van der Waals surface area (Å²) in [5.41, 5.74) is 11.1. The van der Waals surface area contributed by atoms with Crippen LogP contribution in [0.4, 0.5) is 5.69 Å². The van der Waals surface area contributed by atoms with Gasteiger partial charge in [0.25, 0.3) is 0 Å². The summed E-state index contributed by atoms with van der Waals surface area (Å²) >= 11 is 0. The maximum absolute atomic E-state index is 11.6. The lowest BCUT2D eigenvalue weighted by Crippen LogP contribution is -2.12. The Hall–Kier alpha value is -1.51. The molecule has 0 bridgehead atoms. The lowest BCUT2D eigenvalue weighted by molar-refractivity contribution is 0.0601. The van der Waals surface area contributed by atoms with E-state index in [-0.39, 0.29) is 5.97 Å². The maximum Gasteiger partial charge on any atom is 0.340 e. The van der Waals surface area contributed by atoms with Gasteiger partial charge in [0.2, 0.25) is 0 Å². The van der Waals surface area contributed by atoms with Crippen LogP contribution in [0.15, 0.2) is 0 Å². The average Bonchev–Trinajstić information content (AvgIpc) is 2.23. The van der Waals surface area contributed by atoms with E-state index in [4.69, 9.17) is 10.5 Å². The van der Waals surface area contributed by atoms with E-state index >= 15 is 0 Å². The molecule has 82 valence electrons. The molecule has 0 fully saturated rings. The molecule has 0 atom stereocenters. The topological polar surface area (TPSA) is 52.3 Å². The van der Waals surface area contributed by atoms with Crippen molar-refractivity contribution in [3.8, 4) is 0 Å². The van der Waals surface area contributed by atoms with Crippen molar-refractivity contribution in [3.05, 3.63) is 27.8 Å². The molecule has 0 saturated carbocycles. The Balaban J connectivity index is 3.60. The molecule has 2 N–H and O–H groups in total. The highest BCUT2D eigenvalue weighted by atomic mass is 16.5. The quantitative estimate of drug-likeness (QED) is 0.567. The molecule has 0 amide bonds. The first-order valence-electron chi connectivity index (χ1n) is 4.86. The molecule has 0 spiro atoms. The van der Waals surface area contributed by atoms with Gasteiger partial charge in [0, 0.05) is 5.69 Å². The summed E-state index contributed by atoms with van der Waals surface area (Å²) in [6.07, 6.45) is 0. The number of benzene rings is 1. The van der Waals surface area contributed by atoms with Crippen molar-refractivity contribution >= 4 is 11.7 Å². The number of rotatable bonds is 1. The Kier molecular flexibility index (Phi) is 3.03. The second kappa shape index (κ2) is 3.93. The number of esters is 1. The van der Waals surface area contributed by atoms with E-state index in [1.807, 2.05) is 27.7 Å². The zero-order valence-electron chi connectivity index (χ0n) is 9.89. The first-order chi connectivity index (χ1) is 6.91. The van der Waals surface area contributed by atoms with Crippen LogP contribution in [0.1, 0.15) is 32.6 Å². The molecule has 15 heavy (non-hydrogen) atoms. The zero-order valence-corrected chi connectivity index (χ0v) is 9.89. The van der Waals surface area contributed by atoms with E-state index in [2.05, 4.69) is 0 Å². The van der Waals surface area contributed by atoms with Crippen LogP contribution in [-0.2, 0) is 4.74 Å². The molecule has 1 rings (SSSR count). The molecule has 1 aromatic rings. The number of carbonyl (C=O) groups is 1. The Morgan fingerprint density at radius 3 is 1.93 bits per heavy atom. The fourth-order valence-electron chi connectivity index (χ4n) is 1.71. The standard InChI is InChI=1S/C12H17NO2/c1-6-7(2)9(4)11(13)10(8(6)3)12(14)15-5/h13H2,1-5H3. The minimum atomic E-state index is -0.365. The van der Waals surface area contributed by atoms with Gasteiger partial charge in [0.1, 0.15) is 0 Å². The minimum absolute atomic E-state index is 0.365. The van der Waals surface area contributed by atoms with E-state index < -0.39 is 0 Å². The minimum Gasteiger partial charge on any atom is -0.465 e. The molecule has 3 nitrogen and oxygen atoms in total. The molecular formula is C12H17NO2. The number of carbonyl (C=O) groups excluding carboxylic acids is 1. The molecule has 0 heterocycles. The van der Waals surface area contributed by atoms with Gasteiger partial charge in [-0.2, -0.15) is 0 Å². The van der Waals surface area contributed by atoms with Gasteiger partial charge in [-0.25, -0.2) is 4.79 Å². The highest BCUT2D eigenvalue weighted by Gasteiger charge is 2.18. The van der Waals surface area contributed by atoms with E-state index in [9.17, 15) is 4.79 Å². The summed E-state index contributed by atoms with van der Waals surface area (Å²) < 4.78 is 4.73. The van der Waals surface area contributed by atoms with E-state index in [1.165, 1.54) is 7.11 Å². The molecule has 1 aromatic carbocycles. The summed E-state index contributed by atoms with van der Waals surface area (Å²) in [5, 5.41) is 0. The van der Waals surface area contributed by atoms with Crippen molar-refractivity contribution in [1.29, 1.82) is 0 Å². The predicted octanol–water partition coefficient (Wildman–Crippen LogP) is 2.29. The van der Waals surface area contributed by atoms with Gasteiger partial charge in [-0.1, -0.05) is 0 Å². The van der Waals surface area contributed by atoms with E-state index in [0.29, 0.717) is 11.3 Å². The average molecular weight is 207 g/mol.